The van der Waals surface area contributed by atoms with Gasteiger partial charge >= 0.3 is 5.97 Å². The van der Waals surface area contributed by atoms with Crippen LogP contribution in [0.1, 0.15) is 22.8 Å². The predicted octanol–water partition coefficient (Wildman–Crippen LogP) is 3.52. The first-order valence-electron chi connectivity index (χ1n) is 8.06. The third-order valence-electron chi connectivity index (χ3n) is 3.75. The van der Waals surface area contributed by atoms with E-state index < -0.39 is 16.0 Å². The average Bonchev–Trinajstić information content (AvgIpc) is 2.61. The number of esters is 1. The number of nitrogens with zero attached hydrogens (tertiary/aromatic N) is 1. The predicted molar refractivity (Wildman–Crippen MR) is 99.7 cm³/mol. The highest BCUT2D eigenvalue weighted by Gasteiger charge is 2.18. The number of sulfonamides is 1. The topological polar surface area (TPSA) is 85.4 Å². The molecule has 3 aromatic rings. The Hall–Kier alpha value is -2.93. The quantitative estimate of drug-likeness (QED) is 0.695. The number of para-hydroxylation sites is 1. The number of hydrogen-bond donors (Lipinski definition) is 1. The van der Waals surface area contributed by atoms with Gasteiger partial charge in [0.1, 0.15) is 4.90 Å². The van der Waals surface area contributed by atoms with Crippen LogP contribution < -0.4 is 4.72 Å². The molecule has 0 atom stereocenters. The van der Waals surface area contributed by atoms with Crippen molar-refractivity contribution >= 4 is 32.6 Å². The van der Waals surface area contributed by atoms with Gasteiger partial charge in [-0.2, -0.15) is 0 Å². The van der Waals surface area contributed by atoms with Crippen LogP contribution in [0.4, 0.5) is 5.69 Å². The van der Waals surface area contributed by atoms with Crippen LogP contribution in [-0.4, -0.2) is 26.0 Å². The highest BCUT2D eigenvalue weighted by Crippen LogP contribution is 2.24. The van der Waals surface area contributed by atoms with Crippen molar-refractivity contribution in [2.75, 3.05) is 11.3 Å². The Kier molecular flexibility index (Phi) is 4.90. The maximum absolute atomic E-state index is 12.8. The van der Waals surface area contributed by atoms with Crippen LogP contribution in [0.2, 0.25) is 0 Å². The molecule has 0 amide bonds. The Morgan fingerprint density at radius 2 is 1.88 bits per heavy atom. The molecule has 7 heteroatoms. The molecule has 134 valence electrons. The molecule has 0 radical (unpaired) electrons. The van der Waals surface area contributed by atoms with Gasteiger partial charge in [-0.05, 0) is 55.8 Å². The molecule has 3 rings (SSSR count). The van der Waals surface area contributed by atoms with Gasteiger partial charge in [-0.15, -0.1) is 0 Å². The number of pyridine rings is 1. The minimum Gasteiger partial charge on any atom is -0.462 e. The maximum atomic E-state index is 12.8. The standard InChI is InChI=1S/C19H18N2O4S/c1-3-25-19(22)14-7-9-16(10-8-14)21-26(23,24)17-6-4-5-15-11-13(2)12-20-18(15)17/h4-12,21H,3H2,1-2H3. The lowest BCUT2D eigenvalue weighted by molar-refractivity contribution is 0.0526. The van der Waals surface area contributed by atoms with E-state index in [1.165, 1.54) is 30.3 Å². The number of nitrogens with one attached hydrogen (secondary N) is 1. The van der Waals surface area contributed by atoms with E-state index in [4.69, 9.17) is 4.74 Å². The number of rotatable bonds is 5. The van der Waals surface area contributed by atoms with E-state index in [0.717, 1.165) is 10.9 Å². The van der Waals surface area contributed by atoms with Crippen molar-refractivity contribution in [1.82, 2.24) is 4.98 Å². The lowest BCUT2D eigenvalue weighted by Crippen LogP contribution is -2.14. The molecule has 26 heavy (non-hydrogen) atoms. The zero-order valence-corrected chi connectivity index (χ0v) is 15.2. The summed E-state index contributed by atoms with van der Waals surface area (Å²) in [7, 11) is -3.82. The van der Waals surface area contributed by atoms with E-state index in [-0.39, 0.29) is 11.5 Å². The molecule has 0 saturated heterocycles. The van der Waals surface area contributed by atoms with Crippen LogP contribution in [-0.2, 0) is 14.8 Å². The van der Waals surface area contributed by atoms with Crippen molar-refractivity contribution in [3.05, 3.63) is 65.9 Å². The van der Waals surface area contributed by atoms with E-state index >= 15 is 0 Å². The lowest BCUT2D eigenvalue weighted by atomic mass is 10.2. The smallest absolute Gasteiger partial charge is 0.338 e. The highest BCUT2D eigenvalue weighted by molar-refractivity contribution is 7.93. The molecule has 0 aliphatic carbocycles. The van der Waals surface area contributed by atoms with Gasteiger partial charge in [0.2, 0.25) is 0 Å². The third kappa shape index (κ3) is 3.67. The van der Waals surface area contributed by atoms with E-state index in [2.05, 4.69) is 9.71 Å². The summed E-state index contributed by atoms with van der Waals surface area (Å²) in [5.74, 6) is -0.449. The van der Waals surface area contributed by atoms with E-state index in [1.807, 2.05) is 19.1 Å². The third-order valence-corrected chi connectivity index (χ3v) is 5.16. The maximum Gasteiger partial charge on any atom is 0.338 e. The summed E-state index contributed by atoms with van der Waals surface area (Å²) in [5.41, 5.74) is 2.07. The number of hydrogen-bond acceptors (Lipinski definition) is 5. The Bertz CT molecular complexity index is 1060. The fourth-order valence-corrected chi connectivity index (χ4v) is 3.80. The van der Waals surface area contributed by atoms with Crippen molar-refractivity contribution in [2.24, 2.45) is 0 Å². The number of aryl methyl sites for hydroxylation is 1. The number of ether oxygens (including phenoxy) is 1. The monoisotopic (exact) mass is 370 g/mol. The molecule has 0 spiro atoms. The molecule has 2 aromatic carbocycles. The fraction of sp³-hybridized carbons (Fsp3) is 0.158. The number of anilines is 1. The average molecular weight is 370 g/mol. The molecule has 1 heterocycles. The van der Waals surface area contributed by atoms with Gasteiger partial charge in [0.05, 0.1) is 17.7 Å². The number of fused-ring (bicyclic) bond motifs is 1. The summed E-state index contributed by atoms with van der Waals surface area (Å²) >= 11 is 0. The summed E-state index contributed by atoms with van der Waals surface area (Å²) in [6.45, 7) is 3.90. The Balaban J connectivity index is 1.91. The number of carbonyl (C=O) groups is 1. The van der Waals surface area contributed by atoms with Crippen LogP contribution in [0, 0.1) is 6.92 Å². The number of carbonyl (C=O) groups excluding carboxylic acids is 1. The lowest BCUT2D eigenvalue weighted by Gasteiger charge is -2.11. The Morgan fingerprint density at radius 1 is 1.15 bits per heavy atom. The normalized spacial score (nSPS) is 11.3. The molecular weight excluding hydrogens is 352 g/mol. The first kappa shape index (κ1) is 17.9. The van der Waals surface area contributed by atoms with Crippen molar-refractivity contribution in [1.29, 1.82) is 0 Å². The highest BCUT2D eigenvalue weighted by atomic mass is 32.2. The van der Waals surface area contributed by atoms with Gasteiger partial charge in [0.15, 0.2) is 0 Å². The van der Waals surface area contributed by atoms with E-state index in [9.17, 15) is 13.2 Å². The van der Waals surface area contributed by atoms with Crippen molar-refractivity contribution in [2.45, 2.75) is 18.7 Å². The van der Waals surface area contributed by atoms with E-state index in [0.29, 0.717) is 16.8 Å². The van der Waals surface area contributed by atoms with E-state index in [1.54, 1.807) is 19.2 Å². The molecule has 0 fully saturated rings. The first-order chi connectivity index (χ1) is 12.4. The van der Waals surface area contributed by atoms with Crippen LogP contribution in [0.15, 0.2) is 59.6 Å². The van der Waals surface area contributed by atoms with Gasteiger partial charge in [-0.25, -0.2) is 13.2 Å². The van der Waals surface area contributed by atoms with Gasteiger partial charge < -0.3 is 4.74 Å². The second-order valence-corrected chi connectivity index (χ2v) is 7.39. The SMILES string of the molecule is CCOC(=O)c1ccc(NS(=O)(=O)c2cccc3cc(C)cnc23)cc1. The second-order valence-electron chi connectivity index (χ2n) is 5.74. The number of benzene rings is 2. The molecule has 0 saturated carbocycles. The minimum absolute atomic E-state index is 0.101. The molecule has 1 N–H and O–H groups in total. The van der Waals surface area contributed by atoms with Crippen LogP contribution in [0.25, 0.3) is 10.9 Å². The largest absolute Gasteiger partial charge is 0.462 e. The molecule has 6 nitrogen and oxygen atoms in total. The molecule has 0 bridgehead atoms. The second kappa shape index (κ2) is 7.13. The summed E-state index contributed by atoms with van der Waals surface area (Å²) in [6, 6.07) is 13.0. The van der Waals surface area contributed by atoms with Gasteiger partial charge in [-0.1, -0.05) is 12.1 Å². The number of aromatic nitrogens is 1. The molecular formula is C19H18N2O4S. The van der Waals surface area contributed by atoms with Crippen LogP contribution in [0.5, 0.6) is 0 Å². The molecule has 1 aromatic heterocycles. The van der Waals surface area contributed by atoms with Crippen molar-refractivity contribution in [3.8, 4) is 0 Å². The van der Waals surface area contributed by atoms with Gasteiger partial charge in [0, 0.05) is 17.3 Å². The van der Waals surface area contributed by atoms with Crippen molar-refractivity contribution in [3.63, 3.8) is 0 Å². The summed E-state index contributed by atoms with van der Waals surface area (Å²) in [4.78, 5) is 16.0. The van der Waals surface area contributed by atoms with Gasteiger partial charge in [-0.3, -0.25) is 9.71 Å². The molecule has 0 aliphatic heterocycles. The Morgan fingerprint density at radius 3 is 2.58 bits per heavy atom. The summed E-state index contributed by atoms with van der Waals surface area (Å²) < 4.78 is 33.0. The van der Waals surface area contributed by atoms with Crippen LogP contribution in [0.3, 0.4) is 0 Å². The molecule has 0 aliphatic rings. The Labute approximate surface area is 151 Å². The van der Waals surface area contributed by atoms with Crippen molar-refractivity contribution < 1.29 is 17.9 Å². The van der Waals surface area contributed by atoms with Crippen LogP contribution >= 0.6 is 0 Å². The zero-order chi connectivity index (χ0) is 18.7. The minimum atomic E-state index is -3.82. The molecule has 0 unspecified atom stereocenters. The fourth-order valence-electron chi connectivity index (χ4n) is 2.56. The zero-order valence-electron chi connectivity index (χ0n) is 14.4. The summed E-state index contributed by atoms with van der Waals surface area (Å²) in [6.07, 6.45) is 1.63. The summed E-state index contributed by atoms with van der Waals surface area (Å²) in [5, 5.41) is 0.755. The van der Waals surface area contributed by atoms with Gasteiger partial charge in [0.25, 0.3) is 10.0 Å². The first-order valence-corrected chi connectivity index (χ1v) is 9.54.